The Morgan fingerprint density at radius 3 is 2.33 bits per heavy atom. The van der Waals surface area contributed by atoms with Crippen molar-refractivity contribution in [2.24, 2.45) is 0 Å². The molecule has 0 bridgehead atoms. The minimum atomic E-state index is -0.174. The Balaban J connectivity index is 1.69. The lowest BCUT2D eigenvalue weighted by molar-refractivity contribution is 0.126. The second kappa shape index (κ2) is 7.80. The van der Waals surface area contributed by atoms with Crippen molar-refractivity contribution < 1.29 is 5.11 Å². The van der Waals surface area contributed by atoms with Crippen LogP contribution in [0.25, 0.3) is 22.4 Å². The van der Waals surface area contributed by atoms with Gasteiger partial charge in [0, 0.05) is 41.3 Å². The van der Waals surface area contributed by atoms with E-state index >= 15 is 0 Å². The smallest absolute Gasteiger partial charge is 0.223 e. The van der Waals surface area contributed by atoms with Crippen LogP contribution in [0.5, 0.6) is 0 Å². The van der Waals surface area contributed by atoms with Crippen LogP contribution in [0, 0.1) is 6.92 Å². The average molecular weight is 361 g/mol. The van der Waals surface area contributed by atoms with E-state index < -0.39 is 0 Å². The van der Waals surface area contributed by atoms with E-state index in [9.17, 15) is 5.11 Å². The lowest BCUT2D eigenvalue weighted by atomic mass is 9.93. The Morgan fingerprint density at radius 2 is 1.63 bits per heavy atom. The number of nitrogens with zero attached hydrogens (tertiary/aromatic N) is 4. The van der Waals surface area contributed by atoms with Crippen molar-refractivity contribution in [1.82, 2.24) is 19.9 Å². The van der Waals surface area contributed by atoms with Crippen LogP contribution in [-0.4, -0.2) is 37.2 Å². The van der Waals surface area contributed by atoms with Crippen molar-refractivity contribution in [1.29, 1.82) is 0 Å². The summed E-state index contributed by atoms with van der Waals surface area (Å²) >= 11 is 0. The largest absolute Gasteiger partial charge is 0.393 e. The summed E-state index contributed by atoms with van der Waals surface area (Å²) in [5.74, 6) is 0.618. The van der Waals surface area contributed by atoms with Gasteiger partial charge in [0.1, 0.15) is 6.33 Å². The molecule has 6 nitrogen and oxygen atoms in total. The van der Waals surface area contributed by atoms with Gasteiger partial charge in [0.25, 0.3) is 0 Å². The Bertz CT molecular complexity index is 890. The zero-order valence-corrected chi connectivity index (χ0v) is 15.3. The van der Waals surface area contributed by atoms with Gasteiger partial charge in [0.05, 0.1) is 11.8 Å². The SMILES string of the molecule is Cc1ccc(-c2nc(NC3CCC(O)CC3)ncc2-c2cncnc2)cc1. The van der Waals surface area contributed by atoms with Crippen LogP contribution in [0.3, 0.4) is 0 Å². The number of nitrogens with one attached hydrogen (secondary N) is 1. The quantitative estimate of drug-likeness (QED) is 0.738. The van der Waals surface area contributed by atoms with Crippen molar-refractivity contribution in [3.63, 3.8) is 0 Å². The summed E-state index contributed by atoms with van der Waals surface area (Å²) in [7, 11) is 0. The van der Waals surface area contributed by atoms with Gasteiger partial charge in [-0.3, -0.25) is 0 Å². The van der Waals surface area contributed by atoms with Crippen LogP contribution < -0.4 is 5.32 Å². The Kier molecular flexibility index (Phi) is 5.07. The summed E-state index contributed by atoms with van der Waals surface area (Å²) in [5, 5.41) is 13.1. The van der Waals surface area contributed by atoms with Gasteiger partial charge in [-0.1, -0.05) is 29.8 Å². The van der Waals surface area contributed by atoms with Crippen molar-refractivity contribution in [2.45, 2.75) is 44.8 Å². The zero-order chi connectivity index (χ0) is 18.6. The van der Waals surface area contributed by atoms with E-state index in [1.54, 1.807) is 12.4 Å². The van der Waals surface area contributed by atoms with Crippen LogP contribution in [0.4, 0.5) is 5.95 Å². The average Bonchev–Trinajstić information content (AvgIpc) is 2.71. The Morgan fingerprint density at radius 1 is 0.926 bits per heavy atom. The maximum Gasteiger partial charge on any atom is 0.223 e. The molecule has 0 atom stereocenters. The fourth-order valence-corrected chi connectivity index (χ4v) is 3.44. The number of hydrogen-bond acceptors (Lipinski definition) is 6. The number of rotatable bonds is 4. The number of anilines is 1. The molecule has 1 saturated carbocycles. The molecular formula is C21H23N5O. The maximum atomic E-state index is 9.70. The molecule has 0 aliphatic heterocycles. The van der Waals surface area contributed by atoms with Crippen LogP contribution >= 0.6 is 0 Å². The summed E-state index contributed by atoms with van der Waals surface area (Å²) in [6.07, 6.45) is 10.2. The van der Waals surface area contributed by atoms with Crippen LogP contribution in [-0.2, 0) is 0 Å². The fourth-order valence-electron chi connectivity index (χ4n) is 3.44. The molecule has 2 N–H and O–H groups in total. The number of hydrogen-bond donors (Lipinski definition) is 2. The third-order valence-electron chi connectivity index (χ3n) is 5.02. The van der Waals surface area contributed by atoms with E-state index in [1.807, 2.05) is 6.20 Å². The van der Waals surface area contributed by atoms with Crippen molar-refractivity contribution in [2.75, 3.05) is 5.32 Å². The monoisotopic (exact) mass is 361 g/mol. The first-order valence-electron chi connectivity index (χ1n) is 9.33. The van der Waals surface area contributed by atoms with Crippen molar-refractivity contribution in [3.05, 3.63) is 54.7 Å². The summed E-state index contributed by atoms with van der Waals surface area (Å²) in [6, 6.07) is 8.61. The summed E-state index contributed by atoms with van der Waals surface area (Å²) < 4.78 is 0. The highest BCUT2D eigenvalue weighted by Gasteiger charge is 2.20. The summed E-state index contributed by atoms with van der Waals surface area (Å²) in [6.45, 7) is 2.07. The predicted molar refractivity (Wildman–Crippen MR) is 105 cm³/mol. The molecule has 1 aliphatic carbocycles. The highest BCUT2D eigenvalue weighted by molar-refractivity contribution is 5.80. The molecular weight excluding hydrogens is 338 g/mol. The molecule has 2 aromatic heterocycles. The normalized spacial score (nSPS) is 19.6. The third-order valence-corrected chi connectivity index (χ3v) is 5.02. The first-order valence-corrected chi connectivity index (χ1v) is 9.33. The molecule has 1 fully saturated rings. The molecule has 0 radical (unpaired) electrons. The fraction of sp³-hybridized carbons (Fsp3) is 0.333. The molecule has 2 heterocycles. The number of aliphatic hydroxyl groups is 1. The molecule has 0 amide bonds. The van der Waals surface area contributed by atoms with Gasteiger partial charge in [-0.25, -0.2) is 19.9 Å². The van der Waals surface area contributed by atoms with Gasteiger partial charge in [0.15, 0.2) is 0 Å². The van der Waals surface area contributed by atoms with Gasteiger partial charge in [-0.05, 0) is 32.6 Å². The molecule has 6 heteroatoms. The van der Waals surface area contributed by atoms with E-state index in [4.69, 9.17) is 4.98 Å². The van der Waals surface area contributed by atoms with E-state index in [0.717, 1.165) is 48.1 Å². The molecule has 0 saturated heterocycles. The topological polar surface area (TPSA) is 83.8 Å². The molecule has 27 heavy (non-hydrogen) atoms. The number of aromatic nitrogens is 4. The van der Waals surface area contributed by atoms with E-state index in [1.165, 1.54) is 11.9 Å². The van der Waals surface area contributed by atoms with Crippen molar-refractivity contribution >= 4 is 5.95 Å². The third kappa shape index (κ3) is 4.11. The van der Waals surface area contributed by atoms with Gasteiger partial charge < -0.3 is 10.4 Å². The lowest BCUT2D eigenvalue weighted by Gasteiger charge is -2.26. The lowest BCUT2D eigenvalue weighted by Crippen LogP contribution is -2.29. The standard InChI is InChI=1S/C21H23N5O/c1-14-2-4-15(5-3-14)20-19(16-10-22-13-23-11-16)12-24-21(26-20)25-17-6-8-18(27)9-7-17/h2-5,10-13,17-18,27H,6-9H2,1H3,(H,24,25,26). The number of aliphatic hydroxyl groups excluding tert-OH is 1. The van der Waals surface area contributed by atoms with Crippen LogP contribution in [0.15, 0.2) is 49.2 Å². The molecule has 1 aromatic carbocycles. The van der Waals surface area contributed by atoms with E-state index in [2.05, 4.69) is 51.5 Å². The van der Waals surface area contributed by atoms with E-state index in [-0.39, 0.29) is 6.10 Å². The molecule has 0 unspecified atom stereocenters. The van der Waals surface area contributed by atoms with Gasteiger partial charge in [-0.2, -0.15) is 0 Å². The second-order valence-corrected chi connectivity index (χ2v) is 7.10. The molecule has 0 spiro atoms. The highest BCUT2D eigenvalue weighted by atomic mass is 16.3. The van der Waals surface area contributed by atoms with Gasteiger partial charge in [-0.15, -0.1) is 0 Å². The zero-order valence-electron chi connectivity index (χ0n) is 15.3. The molecule has 4 rings (SSSR count). The summed E-state index contributed by atoms with van der Waals surface area (Å²) in [4.78, 5) is 17.6. The van der Waals surface area contributed by atoms with Gasteiger partial charge in [0.2, 0.25) is 5.95 Å². The van der Waals surface area contributed by atoms with Crippen LogP contribution in [0.2, 0.25) is 0 Å². The summed E-state index contributed by atoms with van der Waals surface area (Å²) in [5.41, 5.74) is 4.89. The minimum Gasteiger partial charge on any atom is -0.393 e. The molecule has 138 valence electrons. The van der Waals surface area contributed by atoms with Crippen LogP contribution in [0.1, 0.15) is 31.2 Å². The second-order valence-electron chi connectivity index (χ2n) is 7.10. The molecule has 1 aliphatic rings. The predicted octanol–water partition coefficient (Wildman–Crippen LogP) is 3.62. The first-order chi connectivity index (χ1) is 13.2. The number of benzene rings is 1. The Labute approximate surface area is 158 Å². The number of aryl methyl sites for hydroxylation is 1. The van der Waals surface area contributed by atoms with E-state index in [0.29, 0.717) is 12.0 Å². The maximum absolute atomic E-state index is 9.70. The van der Waals surface area contributed by atoms with Gasteiger partial charge >= 0.3 is 0 Å². The minimum absolute atomic E-state index is 0.174. The highest BCUT2D eigenvalue weighted by Crippen LogP contribution is 2.31. The molecule has 3 aromatic rings. The Hall–Kier alpha value is -2.86. The van der Waals surface area contributed by atoms with Crippen molar-refractivity contribution in [3.8, 4) is 22.4 Å². The first kappa shape index (κ1) is 17.5.